The van der Waals surface area contributed by atoms with Crippen LogP contribution in [0.15, 0.2) is 42.6 Å². The van der Waals surface area contributed by atoms with E-state index in [-0.39, 0.29) is 23.3 Å². The van der Waals surface area contributed by atoms with E-state index in [0.717, 1.165) is 47.9 Å². The van der Waals surface area contributed by atoms with Crippen molar-refractivity contribution in [3.63, 3.8) is 0 Å². The van der Waals surface area contributed by atoms with Crippen LogP contribution in [0.4, 0.5) is 23.2 Å². The van der Waals surface area contributed by atoms with E-state index in [1.54, 1.807) is 12.3 Å². The highest BCUT2D eigenvalue weighted by Crippen LogP contribution is 2.43. The van der Waals surface area contributed by atoms with Crippen molar-refractivity contribution in [2.75, 3.05) is 18.4 Å². The Bertz CT molecular complexity index is 1200. The first-order valence-electron chi connectivity index (χ1n) is 11.1. The zero-order chi connectivity index (χ0) is 23.2. The molecule has 5 rings (SSSR count). The Labute approximate surface area is 188 Å². The van der Waals surface area contributed by atoms with Crippen LogP contribution in [0.1, 0.15) is 43.6 Å². The van der Waals surface area contributed by atoms with Gasteiger partial charge in [-0.05, 0) is 80.9 Å². The van der Waals surface area contributed by atoms with Gasteiger partial charge in [0.15, 0.2) is 17.5 Å². The maximum atomic E-state index is 13.8. The van der Waals surface area contributed by atoms with Gasteiger partial charge >= 0.3 is 0 Å². The van der Waals surface area contributed by atoms with Crippen LogP contribution in [0.2, 0.25) is 0 Å². The Morgan fingerprint density at radius 1 is 1.00 bits per heavy atom. The molecular weight excluding hydrogens is 434 g/mol. The molecular formula is C25H23F4N3O. The smallest absolute Gasteiger partial charge is 0.244 e. The number of halogens is 4. The minimum atomic E-state index is -1.56. The highest BCUT2D eigenvalue weighted by atomic mass is 19.2. The summed E-state index contributed by atoms with van der Waals surface area (Å²) in [6.07, 6.45) is 5.52. The first-order valence-corrected chi connectivity index (χ1v) is 11.1. The van der Waals surface area contributed by atoms with Gasteiger partial charge in [0.25, 0.3) is 0 Å². The van der Waals surface area contributed by atoms with Crippen molar-refractivity contribution in [1.82, 2.24) is 9.88 Å². The summed E-state index contributed by atoms with van der Waals surface area (Å²) >= 11 is 0. The number of amides is 1. The summed E-state index contributed by atoms with van der Waals surface area (Å²) in [7, 11) is 0. The number of likely N-dealkylation sites (tertiary alicyclic amines) is 1. The third kappa shape index (κ3) is 3.86. The molecule has 2 aromatic carbocycles. The van der Waals surface area contributed by atoms with E-state index in [1.165, 1.54) is 12.1 Å². The van der Waals surface area contributed by atoms with Gasteiger partial charge in [-0.3, -0.25) is 14.7 Å². The molecule has 2 aliphatic rings. The fourth-order valence-corrected chi connectivity index (χ4v) is 5.19. The molecule has 0 radical (unpaired) electrons. The number of carbonyl (C=O) groups excluding carboxylic acids is 1. The summed E-state index contributed by atoms with van der Waals surface area (Å²) in [5.74, 6) is -4.64. The van der Waals surface area contributed by atoms with E-state index in [4.69, 9.17) is 0 Å². The molecule has 8 heteroatoms. The lowest BCUT2D eigenvalue weighted by Gasteiger charge is -2.51. The predicted octanol–water partition coefficient (Wildman–Crippen LogP) is 5.53. The zero-order valence-electron chi connectivity index (χ0n) is 17.9. The summed E-state index contributed by atoms with van der Waals surface area (Å²) in [4.78, 5) is 19.6. The molecule has 0 spiro atoms. The molecule has 2 fully saturated rings. The molecule has 0 unspecified atom stereocenters. The fraction of sp³-hybridized carbons (Fsp3) is 0.360. The quantitative estimate of drug-likeness (QED) is 0.414. The van der Waals surface area contributed by atoms with Gasteiger partial charge in [-0.15, -0.1) is 0 Å². The van der Waals surface area contributed by atoms with Crippen molar-refractivity contribution in [2.45, 2.75) is 43.6 Å². The number of carbonyl (C=O) groups is 1. The minimum absolute atomic E-state index is 0.0946. The van der Waals surface area contributed by atoms with E-state index >= 15 is 0 Å². The molecule has 33 heavy (non-hydrogen) atoms. The number of fused-ring (bicyclic) bond motifs is 1. The molecule has 1 aliphatic heterocycles. The molecule has 1 aliphatic carbocycles. The van der Waals surface area contributed by atoms with Gasteiger partial charge in [0.1, 0.15) is 11.4 Å². The Morgan fingerprint density at radius 2 is 1.70 bits per heavy atom. The van der Waals surface area contributed by atoms with Crippen LogP contribution in [0.5, 0.6) is 0 Å². The molecule has 0 atom stereocenters. The third-order valence-corrected chi connectivity index (χ3v) is 7.12. The lowest BCUT2D eigenvalue weighted by atomic mass is 9.72. The maximum absolute atomic E-state index is 13.8. The number of benzene rings is 2. The van der Waals surface area contributed by atoms with Crippen molar-refractivity contribution in [3.8, 4) is 0 Å². The van der Waals surface area contributed by atoms with Crippen LogP contribution in [0, 0.1) is 23.3 Å². The highest BCUT2D eigenvalue weighted by Gasteiger charge is 2.49. The van der Waals surface area contributed by atoms with Crippen molar-refractivity contribution in [1.29, 1.82) is 0 Å². The number of nitrogens with zero attached hydrogens (tertiary/aromatic N) is 2. The second-order valence-electron chi connectivity index (χ2n) is 8.92. The minimum Gasteiger partial charge on any atom is -0.324 e. The Morgan fingerprint density at radius 3 is 2.33 bits per heavy atom. The van der Waals surface area contributed by atoms with Crippen molar-refractivity contribution in [3.05, 3.63) is 71.4 Å². The molecule has 172 valence electrons. The first kappa shape index (κ1) is 21.8. The lowest BCUT2D eigenvalue weighted by molar-refractivity contribution is -0.135. The van der Waals surface area contributed by atoms with Gasteiger partial charge in [0.05, 0.1) is 5.52 Å². The zero-order valence-corrected chi connectivity index (χ0v) is 17.9. The SMILES string of the molecule is O=C(Nc1cc(F)c(F)c(F)c1)C1(N2CCC(c3ccnc4ccc(F)cc34)CC2)CCC1. The molecule has 1 saturated heterocycles. The third-order valence-electron chi connectivity index (χ3n) is 7.12. The molecule has 2 heterocycles. The number of hydrogen-bond donors (Lipinski definition) is 1. The van der Waals surface area contributed by atoms with Crippen LogP contribution in [0.3, 0.4) is 0 Å². The number of pyridine rings is 1. The van der Waals surface area contributed by atoms with E-state index < -0.39 is 23.0 Å². The fourth-order valence-electron chi connectivity index (χ4n) is 5.19. The Hall–Kier alpha value is -3.00. The standard InChI is InChI=1S/C25H23F4N3O/c26-16-2-3-22-19(12-16)18(4-9-30-22)15-5-10-32(11-6-15)25(7-1-8-25)24(33)31-17-13-20(27)23(29)21(28)14-17/h2-4,9,12-15H,1,5-8,10-11H2,(H,31,33). The van der Waals surface area contributed by atoms with Crippen LogP contribution in [-0.2, 0) is 4.79 Å². The lowest BCUT2D eigenvalue weighted by Crippen LogP contribution is -2.62. The number of piperidine rings is 1. The van der Waals surface area contributed by atoms with E-state index in [1.807, 2.05) is 6.07 Å². The molecule has 1 aromatic heterocycles. The van der Waals surface area contributed by atoms with Gasteiger partial charge < -0.3 is 5.32 Å². The summed E-state index contributed by atoms with van der Waals surface area (Å²) in [6.45, 7) is 1.34. The van der Waals surface area contributed by atoms with Gasteiger partial charge in [-0.25, -0.2) is 17.6 Å². The van der Waals surface area contributed by atoms with Crippen LogP contribution in [0.25, 0.3) is 10.9 Å². The average Bonchev–Trinajstić information content (AvgIpc) is 2.77. The number of nitrogens with one attached hydrogen (secondary N) is 1. The Kier molecular flexibility index (Phi) is 5.56. The van der Waals surface area contributed by atoms with E-state index in [9.17, 15) is 22.4 Å². The van der Waals surface area contributed by atoms with Crippen LogP contribution in [-0.4, -0.2) is 34.4 Å². The van der Waals surface area contributed by atoms with Crippen LogP contribution < -0.4 is 5.32 Å². The van der Waals surface area contributed by atoms with Gasteiger partial charge in [-0.2, -0.15) is 0 Å². The summed E-state index contributed by atoms with van der Waals surface area (Å²) in [6, 6.07) is 8.13. The molecule has 1 saturated carbocycles. The number of aromatic nitrogens is 1. The molecule has 0 bridgehead atoms. The average molecular weight is 457 g/mol. The Balaban J connectivity index is 1.32. The molecule has 1 N–H and O–H groups in total. The maximum Gasteiger partial charge on any atom is 0.244 e. The van der Waals surface area contributed by atoms with Gasteiger partial charge in [0, 0.05) is 29.4 Å². The summed E-state index contributed by atoms with van der Waals surface area (Å²) < 4.78 is 54.2. The number of rotatable bonds is 4. The first-order chi connectivity index (χ1) is 15.9. The van der Waals surface area contributed by atoms with Crippen molar-refractivity contribution in [2.24, 2.45) is 0 Å². The van der Waals surface area contributed by atoms with Gasteiger partial charge in [0.2, 0.25) is 5.91 Å². The second-order valence-corrected chi connectivity index (χ2v) is 8.92. The van der Waals surface area contributed by atoms with Crippen LogP contribution >= 0.6 is 0 Å². The van der Waals surface area contributed by atoms with E-state index in [2.05, 4.69) is 15.2 Å². The normalized spacial score (nSPS) is 18.8. The largest absolute Gasteiger partial charge is 0.324 e. The molecule has 4 nitrogen and oxygen atoms in total. The van der Waals surface area contributed by atoms with Gasteiger partial charge in [-0.1, -0.05) is 0 Å². The topological polar surface area (TPSA) is 45.2 Å². The number of anilines is 1. The number of hydrogen-bond acceptors (Lipinski definition) is 3. The summed E-state index contributed by atoms with van der Waals surface area (Å²) in [5.41, 5.74) is 0.981. The monoisotopic (exact) mass is 457 g/mol. The predicted molar refractivity (Wildman–Crippen MR) is 117 cm³/mol. The van der Waals surface area contributed by atoms with Crippen molar-refractivity contribution >= 4 is 22.5 Å². The summed E-state index contributed by atoms with van der Waals surface area (Å²) in [5, 5.41) is 3.40. The molecule has 1 amide bonds. The highest BCUT2D eigenvalue weighted by molar-refractivity contribution is 5.98. The van der Waals surface area contributed by atoms with E-state index in [0.29, 0.717) is 25.9 Å². The second kappa shape index (κ2) is 8.41. The van der Waals surface area contributed by atoms with Crippen molar-refractivity contribution < 1.29 is 22.4 Å². The molecule has 3 aromatic rings.